The number of hydrogen-bond acceptors (Lipinski definition) is 4. The molecule has 9 heteroatoms. The number of rotatable bonds is 2. The minimum Gasteiger partial charge on any atom is -0.478 e. The molecule has 0 spiro atoms. The highest BCUT2D eigenvalue weighted by Crippen LogP contribution is 2.16. The number of aromatic nitrogens is 4. The normalized spacial score (nSPS) is 11.0. The van der Waals surface area contributed by atoms with Gasteiger partial charge in [0.15, 0.2) is 0 Å². The number of nitrogens with zero attached hydrogens (tertiary/aromatic N) is 3. The molecule has 106 valence electrons. The van der Waals surface area contributed by atoms with E-state index in [2.05, 4.69) is 15.1 Å². The van der Waals surface area contributed by atoms with Gasteiger partial charge >= 0.3 is 5.97 Å². The Morgan fingerprint density at radius 1 is 1.29 bits per heavy atom. The summed E-state index contributed by atoms with van der Waals surface area (Å²) in [7, 11) is 0. The number of carbonyl (C=O) groups is 1. The third-order valence-electron chi connectivity index (χ3n) is 2.79. The van der Waals surface area contributed by atoms with Crippen LogP contribution in [0.2, 0.25) is 0 Å². The lowest BCUT2D eigenvalue weighted by Gasteiger charge is -2.03. The minimum atomic E-state index is -1.22. The molecule has 0 fully saturated rings. The van der Waals surface area contributed by atoms with Crippen LogP contribution in [0.4, 0.5) is 8.78 Å². The van der Waals surface area contributed by atoms with E-state index in [0.29, 0.717) is 0 Å². The molecule has 2 heterocycles. The van der Waals surface area contributed by atoms with Gasteiger partial charge in [-0.25, -0.2) is 23.2 Å². The quantitative estimate of drug-likeness (QED) is 0.736. The topological polar surface area (TPSA) is 101 Å². The van der Waals surface area contributed by atoms with Crippen molar-refractivity contribution in [2.45, 2.75) is 0 Å². The summed E-state index contributed by atoms with van der Waals surface area (Å²) in [6.45, 7) is 0. The number of halogens is 2. The van der Waals surface area contributed by atoms with Crippen LogP contribution >= 0.6 is 0 Å². The number of carboxylic acids is 1. The van der Waals surface area contributed by atoms with E-state index in [4.69, 9.17) is 5.11 Å². The van der Waals surface area contributed by atoms with Crippen LogP contribution in [0, 0.1) is 11.6 Å². The highest BCUT2D eigenvalue weighted by Gasteiger charge is 2.15. The lowest BCUT2D eigenvalue weighted by molar-refractivity contribution is 0.0697. The maximum Gasteiger partial charge on any atom is 0.338 e. The zero-order valence-electron chi connectivity index (χ0n) is 10.2. The standard InChI is InChI=1S/C12H6F2N4O3/c13-6-1-2-7(14)9-8(6)10(19)17-12(16-9)18-4-5(3-15-18)11(20)21/h1-4H,(H,20,21)(H,16,17,19). The summed E-state index contributed by atoms with van der Waals surface area (Å²) >= 11 is 0. The van der Waals surface area contributed by atoms with Gasteiger partial charge in [0.05, 0.1) is 11.8 Å². The molecule has 3 aromatic rings. The predicted molar refractivity (Wildman–Crippen MR) is 66.4 cm³/mol. The Bertz CT molecular complexity index is 932. The Morgan fingerprint density at radius 3 is 2.67 bits per heavy atom. The molecule has 7 nitrogen and oxygen atoms in total. The summed E-state index contributed by atoms with van der Waals surface area (Å²) in [6.07, 6.45) is 2.12. The summed E-state index contributed by atoms with van der Waals surface area (Å²) in [5.41, 5.74) is -1.49. The molecule has 1 aromatic carbocycles. The van der Waals surface area contributed by atoms with E-state index in [-0.39, 0.29) is 11.5 Å². The summed E-state index contributed by atoms with van der Waals surface area (Å²) in [4.78, 5) is 28.6. The van der Waals surface area contributed by atoms with Crippen molar-refractivity contribution in [1.82, 2.24) is 19.7 Å². The van der Waals surface area contributed by atoms with E-state index < -0.39 is 34.1 Å². The Labute approximate surface area is 114 Å². The average molecular weight is 292 g/mol. The molecule has 0 saturated carbocycles. The number of nitrogens with one attached hydrogen (secondary N) is 1. The molecular formula is C12H6F2N4O3. The molecule has 2 aromatic heterocycles. The summed E-state index contributed by atoms with van der Waals surface area (Å²) < 4.78 is 28.2. The molecular weight excluding hydrogens is 286 g/mol. The SMILES string of the molecule is O=C(O)c1cnn(-c2nc3c(F)ccc(F)c3c(=O)[nH]2)c1. The lowest BCUT2D eigenvalue weighted by atomic mass is 10.2. The van der Waals surface area contributed by atoms with Crippen LogP contribution in [0.25, 0.3) is 16.9 Å². The maximum atomic E-state index is 13.7. The minimum absolute atomic E-state index is 0.141. The molecule has 0 saturated heterocycles. The van der Waals surface area contributed by atoms with Crippen molar-refractivity contribution < 1.29 is 18.7 Å². The smallest absolute Gasteiger partial charge is 0.338 e. The Kier molecular flexibility index (Phi) is 2.75. The summed E-state index contributed by atoms with van der Waals surface area (Å²) in [5.74, 6) is -3.21. The van der Waals surface area contributed by atoms with Crippen molar-refractivity contribution in [3.63, 3.8) is 0 Å². The number of benzene rings is 1. The molecule has 0 aliphatic carbocycles. The van der Waals surface area contributed by atoms with Crippen LogP contribution in [0.1, 0.15) is 10.4 Å². The maximum absolute atomic E-state index is 13.7. The van der Waals surface area contributed by atoms with Crippen LogP contribution in [-0.4, -0.2) is 30.8 Å². The van der Waals surface area contributed by atoms with Crippen molar-refractivity contribution in [3.05, 3.63) is 52.1 Å². The second kappa shape index (κ2) is 4.47. The molecule has 0 amide bonds. The number of carboxylic acid groups (broad SMARTS) is 1. The van der Waals surface area contributed by atoms with E-state index in [1.807, 2.05) is 0 Å². The van der Waals surface area contributed by atoms with E-state index >= 15 is 0 Å². The van der Waals surface area contributed by atoms with Gasteiger partial charge in [-0.15, -0.1) is 0 Å². The van der Waals surface area contributed by atoms with Gasteiger partial charge in [0.25, 0.3) is 5.56 Å². The summed E-state index contributed by atoms with van der Waals surface area (Å²) in [6, 6.07) is 1.67. The Balaban J connectivity index is 2.27. The zero-order valence-corrected chi connectivity index (χ0v) is 10.2. The van der Waals surface area contributed by atoms with E-state index in [1.165, 1.54) is 0 Å². The molecule has 0 radical (unpaired) electrons. The van der Waals surface area contributed by atoms with Gasteiger partial charge in [-0.3, -0.25) is 9.78 Å². The molecule has 3 rings (SSSR count). The summed E-state index contributed by atoms with van der Waals surface area (Å²) in [5, 5.41) is 12.0. The van der Waals surface area contributed by atoms with Crippen LogP contribution < -0.4 is 5.56 Å². The molecule has 0 aliphatic heterocycles. The first kappa shape index (κ1) is 12.9. The largest absolute Gasteiger partial charge is 0.478 e. The van der Waals surface area contributed by atoms with Crippen molar-refractivity contribution in [2.75, 3.05) is 0 Å². The first-order chi connectivity index (χ1) is 9.97. The lowest BCUT2D eigenvalue weighted by Crippen LogP contribution is -2.15. The fraction of sp³-hybridized carbons (Fsp3) is 0. The predicted octanol–water partition coefficient (Wildman–Crippen LogP) is 1.09. The van der Waals surface area contributed by atoms with Crippen molar-refractivity contribution in [2.24, 2.45) is 0 Å². The second-order valence-corrected chi connectivity index (χ2v) is 4.12. The molecule has 0 bridgehead atoms. The Hall–Kier alpha value is -3.10. The fourth-order valence-corrected chi connectivity index (χ4v) is 1.82. The fourth-order valence-electron chi connectivity index (χ4n) is 1.82. The van der Waals surface area contributed by atoms with Gasteiger partial charge < -0.3 is 5.11 Å². The first-order valence-corrected chi connectivity index (χ1v) is 5.64. The Morgan fingerprint density at radius 2 is 2.00 bits per heavy atom. The number of H-pyrrole nitrogens is 1. The highest BCUT2D eigenvalue weighted by molar-refractivity contribution is 5.87. The van der Waals surface area contributed by atoms with E-state index in [0.717, 1.165) is 29.2 Å². The van der Waals surface area contributed by atoms with Crippen LogP contribution in [-0.2, 0) is 0 Å². The zero-order chi connectivity index (χ0) is 15.1. The highest BCUT2D eigenvalue weighted by atomic mass is 19.1. The van der Waals surface area contributed by atoms with Crippen molar-refractivity contribution >= 4 is 16.9 Å². The number of aromatic amines is 1. The van der Waals surface area contributed by atoms with Crippen molar-refractivity contribution in [3.8, 4) is 5.95 Å². The van der Waals surface area contributed by atoms with Gasteiger partial charge in [-0.05, 0) is 12.1 Å². The van der Waals surface area contributed by atoms with Crippen LogP contribution in [0.15, 0.2) is 29.3 Å². The van der Waals surface area contributed by atoms with Gasteiger partial charge in [0, 0.05) is 6.20 Å². The third kappa shape index (κ3) is 2.04. The monoisotopic (exact) mass is 292 g/mol. The molecule has 0 unspecified atom stereocenters. The van der Waals surface area contributed by atoms with Crippen LogP contribution in [0.5, 0.6) is 0 Å². The average Bonchev–Trinajstić information content (AvgIpc) is 2.92. The molecule has 0 aliphatic rings. The van der Waals surface area contributed by atoms with Crippen LogP contribution in [0.3, 0.4) is 0 Å². The number of hydrogen-bond donors (Lipinski definition) is 2. The third-order valence-corrected chi connectivity index (χ3v) is 2.79. The number of aromatic carboxylic acids is 1. The van der Waals surface area contributed by atoms with Gasteiger partial charge in [0.2, 0.25) is 5.95 Å². The first-order valence-electron chi connectivity index (χ1n) is 5.64. The van der Waals surface area contributed by atoms with Crippen molar-refractivity contribution in [1.29, 1.82) is 0 Å². The van der Waals surface area contributed by atoms with Gasteiger partial charge in [-0.1, -0.05) is 0 Å². The van der Waals surface area contributed by atoms with E-state index in [1.54, 1.807) is 0 Å². The number of fused-ring (bicyclic) bond motifs is 1. The second-order valence-electron chi connectivity index (χ2n) is 4.12. The molecule has 21 heavy (non-hydrogen) atoms. The van der Waals surface area contributed by atoms with Gasteiger partial charge in [0.1, 0.15) is 22.5 Å². The van der Waals surface area contributed by atoms with E-state index in [9.17, 15) is 18.4 Å². The molecule has 0 atom stereocenters. The van der Waals surface area contributed by atoms with Gasteiger partial charge in [-0.2, -0.15) is 5.10 Å². The molecule has 2 N–H and O–H groups in total.